The maximum atomic E-state index is 12.0. The second-order valence-electron chi connectivity index (χ2n) is 5.55. The van der Waals surface area contributed by atoms with E-state index >= 15 is 0 Å². The number of carbonyl (C=O) groups is 1. The van der Waals surface area contributed by atoms with Gasteiger partial charge in [0.1, 0.15) is 11.5 Å². The number of rotatable bonds is 9. The molecule has 4 heteroatoms. The molecule has 0 spiro atoms. The first-order valence-electron chi connectivity index (χ1n) is 8.66. The fourth-order valence-corrected chi connectivity index (χ4v) is 2.17. The Kier molecular flexibility index (Phi) is 7.57. The van der Waals surface area contributed by atoms with Gasteiger partial charge in [-0.15, -0.1) is 0 Å². The summed E-state index contributed by atoms with van der Waals surface area (Å²) in [5, 5.41) is 2.82. The van der Waals surface area contributed by atoms with E-state index < -0.39 is 0 Å². The standard InChI is InChI=1S/C21H25NO3/c1-3-5-16-25-20-11-6-17(7-12-20)8-15-21(23)22-18-9-13-19(14-10-18)24-4-2/h6-15H,3-5,16H2,1-2H3,(H,22,23)/b15-8+. The summed E-state index contributed by atoms with van der Waals surface area (Å²) in [6.45, 7) is 5.42. The third-order valence-corrected chi connectivity index (χ3v) is 3.51. The topological polar surface area (TPSA) is 47.6 Å². The molecule has 2 rings (SSSR count). The van der Waals surface area contributed by atoms with E-state index in [0.717, 1.165) is 42.2 Å². The number of hydrogen-bond donors (Lipinski definition) is 1. The molecule has 0 fully saturated rings. The largest absolute Gasteiger partial charge is 0.494 e. The van der Waals surface area contributed by atoms with E-state index in [9.17, 15) is 4.79 Å². The molecule has 0 unspecified atom stereocenters. The molecule has 0 aliphatic carbocycles. The van der Waals surface area contributed by atoms with Crippen molar-refractivity contribution in [1.82, 2.24) is 0 Å². The van der Waals surface area contributed by atoms with Crippen LogP contribution in [0.25, 0.3) is 6.08 Å². The highest BCUT2D eigenvalue weighted by Gasteiger charge is 1.99. The zero-order valence-electron chi connectivity index (χ0n) is 14.8. The van der Waals surface area contributed by atoms with Gasteiger partial charge in [-0.05, 0) is 61.4 Å². The molecule has 0 atom stereocenters. The van der Waals surface area contributed by atoms with Crippen LogP contribution < -0.4 is 14.8 Å². The Hall–Kier alpha value is -2.75. The van der Waals surface area contributed by atoms with E-state index in [4.69, 9.17) is 9.47 Å². The van der Waals surface area contributed by atoms with Crippen LogP contribution in [-0.4, -0.2) is 19.1 Å². The van der Waals surface area contributed by atoms with Crippen molar-refractivity contribution in [3.8, 4) is 11.5 Å². The molecule has 0 radical (unpaired) electrons. The fourth-order valence-electron chi connectivity index (χ4n) is 2.17. The van der Waals surface area contributed by atoms with Gasteiger partial charge in [0.25, 0.3) is 0 Å². The first kappa shape index (κ1) is 18.6. The molecule has 2 aromatic carbocycles. The van der Waals surface area contributed by atoms with Crippen molar-refractivity contribution in [3.05, 3.63) is 60.2 Å². The molecule has 2 aromatic rings. The molecule has 4 nitrogen and oxygen atoms in total. The lowest BCUT2D eigenvalue weighted by Gasteiger charge is -2.06. The van der Waals surface area contributed by atoms with Gasteiger partial charge in [-0.2, -0.15) is 0 Å². The highest BCUT2D eigenvalue weighted by Crippen LogP contribution is 2.16. The maximum Gasteiger partial charge on any atom is 0.248 e. The Labute approximate surface area is 149 Å². The van der Waals surface area contributed by atoms with Gasteiger partial charge in [-0.1, -0.05) is 25.5 Å². The predicted octanol–water partition coefficient (Wildman–Crippen LogP) is 4.92. The first-order valence-corrected chi connectivity index (χ1v) is 8.66. The van der Waals surface area contributed by atoms with Crippen molar-refractivity contribution in [2.24, 2.45) is 0 Å². The number of hydrogen-bond acceptors (Lipinski definition) is 3. The summed E-state index contributed by atoms with van der Waals surface area (Å²) < 4.78 is 11.0. The van der Waals surface area contributed by atoms with Gasteiger partial charge in [0, 0.05) is 11.8 Å². The molecule has 0 heterocycles. The van der Waals surface area contributed by atoms with Crippen LogP contribution >= 0.6 is 0 Å². The van der Waals surface area contributed by atoms with Crippen molar-refractivity contribution < 1.29 is 14.3 Å². The normalized spacial score (nSPS) is 10.6. The highest BCUT2D eigenvalue weighted by atomic mass is 16.5. The number of carbonyl (C=O) groups excluding carboxylic acids is 1. The second-order valence-corrected chi connectivity index (χ2v) is 5.55. The van der Waals surface area contributed by atoms with Crippen LogP contribution in [0.3, 0.4) is 0 Å². The molecule has 0 aliphatic rings. The molecule has 0 saturated carbocycles. The molecule has 0 saturated heterocycles. The van der Waals surface area contributed by atoms with E-state index in [1.165, 1.54) is 6.08 Å². The summed E-state index contributed by atoms with van der Waals surface area (Å²) in [4.78, 5) is 12.0. The monoisotopic (exact) mass is 339 g/mol. The third kappa shape index (κ3) is 6.71. The Balaban J connectivity index is 1.84. The van der Waals surface area contributed by atoms with Crippen LogP contribution in [0.5, 0.6) is 11.5 Å². The Bertz CT molecular complexity index is 675. The molecular weight excluding hydrogens is 314 g/mol. The summed E-state index contributed by atoms with van der Waals surface area (Å²) in [5.74, 6) is 1.47. The van der Waals surface area contributed by atoms with Crippen LogP contribution in [-0.2, 0) is 4.79 Å². The van der Waals surface area contributed by atoms with Gasteiger partial charge in [0.2, 0.25) is 5.91 Å². The molecule has 1 amide bonds. The minimum absolute atomic E-state index is 0.174. The van der Waals surface area contributed by atoms with Crippen LogP contribution in [0.1, 0.15) is 32.3 Å². The summed E-state index contributed by atoms with van der Waals surface area (Å²) >= 11 is 0. The van der Waals surface area contributed by atoms with Gasteiger partial charge in [0.05, 0.1) is 13.2 Å². The minimum Gasteiger partial charge on any atom is -0.494 e. The van der Waals surface area contributed by atoms with Crippen molar-refractivity contribution in [2.75, 3.05) is 18.5 Å². The van der Waals surface area contributed by atoms with Crippen molar-refractivity contribution in [1.29, 1.82) is 0 Å². The van der Waals surface area contributed by atoms with Crippen molar-refractivity contribution in [2.45, 2.75) is 26.7 Å². The lowest BCUT2D eigenvalue weighted by atomic mass is 10.2. The minimum atomic E-state index is -0.174. The van der Waals surface area contributed by atoms with E-state index in [1.54, 1.807) is 6.08 Å². The Morgan fingerprint density at radius 3 is 2.24 bits per heavy atom. The number of nitrogens with one attached hydrogen (secondary N) is 1. The molecule has 0 aromatic heterocycles. The Morgan fingerprint density at radius 1 is 0.960 bits per heavy atom. The first-order chi connectivity index (χ1) is 12.2. The highest BCUT2D eigenvalue weighted by molar-refractivity contribution is 6.01. The zero-order chi connectivity index (χ0) is 17.9. The average Bonchev–Trinajstić information content (AvgIpc) is 2.63. The van der Waals surface area contributed by atoms with Crippen LogP contribution in [0.2, 0.25) is 0 Å². The predicted molar refractivity (Wildman–Crippen MR) is 102 cm³/mol. The van der Waals surface area contributed by atoms with Gasteiger partial charge in [-0.25, -0.2) is 0 Å². The van der Waals surface area contributed by atoms with E-state index in [2.05, 4.69) is 12.2 Å². The number of unbranched alkanes of at least 4 members (excludes halogenated alkanes) is 1. The number of benzene rings is 2. The third-order valence-electron chi connectivity index (χ3n) is 3.51. The van der Waals surface area contributed by atoms with E-state index in [-0.39, 0.29) is 5.91 Å². The number of ether oxygens (including phenoxy) is 2. The SMILES string of the molecule is CCCCOc1ccc(/C=C/C(=O)Nc2ccc(OCC)cc2)cc1. The number of anilines is 1. The quantitative estimate of drug-likeness (QED) is 0.521. The van der Waals surface area contributed by atoms with Crippen LogP contribution in [0, 0.1) is 0 Å². The Morgan fingerprint density at radius 2 is 1.60 bits per heavy atom. The summed E-state index contributed by atoms with van der Waals surface area (Å²) in [6, 6.07) is 15.0. The molecule has 0 bridgehead atoms. The smallest absolute Gasteiger partial charge is 0.248 e. The van der Waals surface area contributed by atoms with Crippen LogP contribution in [0.15, 0.2) is 54.6 Å². The zero-order valence-corrected chi connectivity index (χ0v) is 14.8. The molecule has 132 valence electrons. The fraction of sp³-hybridized carbons (Fsp3) is 0.286. The molecule has 0 aliphatic heterocycles. The van der Waals surface area contributed by atoms with Gasteiger partial charge in [-0.3, -0.25) is 4.79 Å². The van der Waals surface area contributed by atoms with Gasteiger partial charge >= 0.3 is 0 Å². The van der Waals surface area contributed by atoms with E-state index in [0.29, 0.717) is 6.61 Å². The summed E-state index contributed by atoms with van der Waals surface area (Å²) in [7, 11) is 0. The van der Waals surface area contributed by atoms with Crippen molar-refractivity contribution in [3.63, 3.8) is 0 Å². The van der Waals surface area contributed by atoms with E-state index in [1.807, 2.05) is 55.5 Å². The maximum absolute atomic E-state index is 12.0. The van der Waals surface area contributed by atoms with Gasteiger partial charge in [0.15, 0.2) is 0 Å². The second kappa shape index (κ2) is 10.2. The average molecular weight is 339 g/mol. The summed E-state index contributed by atoms with van der Waals surface area (Å²) in [6.07, 6.45) is 5.46. The molecular formula is C21H25NO3. The lowest BCUT2D eigenvalue weighted by molar-refractivity contribution is -0.111. The summed E-state index contributed by atoms with van der Waals surface area (Å²) in [5.41, 5.74) is 1.68. The van der Waals surface area contributed by atoms with Crippen molar-refractivity contribution >= 4 is 17.7 Å². The molecule has 1 N–H and O–H groups in total. The lowest BCUT2D eigenvalue weighted by Crippen LogP contribution is -2.07. The molecule has 25 heavy (non-hydrogen) atoms. The van der Waals surface area contributed by atoms with Gasteiger partial charge < -0.3 is 14.8 Å². The van der Waals surface area contributed by atoms with Crippen LogP contribution in [0.4, 0.5) is 5.69 Å². The number of amides is 1.